The smallest absolute Gasteiger partial charge is 0.341 e. The highest BCUT2D eigenvalue weighted by atomic mass is 35.5. The molecule has 1 atom stereocenters. The fourth-order valence-corrected chi connectivity index (χ4v) is 1.85. The predicted octanol–water partition coefficient (Wildman–Crippen LogP) is 2.81. The zero-order chi connectivity index (χ0) is 12.3. The van der Waals surface area contributed by atoms with E-state index < -0.39 is 11.8 Å². The Labute approximate surface area is 103 Å². The first kappa shape index (κ1) is 12.3. The highest BCUT2D eigenvalue weighted by Crippen LogP contribution is 2.17. The van der Waals surface area contributed by atoms with Crippen molar-refractivity contribution in [1.29, 1.82) is 0 Å². The van der Waals surface area contributed by atoms with Gasteiger partial charge in [0.1, 0.15) is 12.4 Å². The van der Waals surface area contributed by atoms with E-state index in [1.54, 1.807) is 0 Å². The summed E-state index contributed by atoms with van der Waals surface area (Å²) in [4.78, 5) is 11.6. The second-order valence-electron chi connectivity index (χ2n) is 3.86. The average Bonchev–Trinajstić information content (AvgIpc) is 2.82. The molecule has 0 spiro atoms. The summed E-state index contributed by atoms with van der Waals surface area (Å²) in [6.07, 6.45) is 1.76. The molecule has 1 fully saturated rings. The average molecular weight is 259 g/mol. The molecule has 1 aliphatic heterocycles. The number of carbonyl (C=O) groups excluding carboxylic acids is 1. The van der Waals surface area contributed by atoms with Crippen LogP contribution in [0.1, 0.15) is 23.2 Å². The Morgan fingerprint density at radius 1 is 1.59 bits per heavy atom. The van der Waals surface area contributed by atoms with Gasteiger partial charge in [0.2, 0.25) is 0 Å². The van der Waals surface area contributed by atoms with Crippen LogP contribution < -0.4 is 0 Å². The van der Waals surface area contributed by atoms with Gasteiger partial charge in [-0.25, -0.2) is 9.18 Å². The molecular weight excluding hydrogens is 247 g/mol. The fraction of sp³-hybridized carbons (Fsp3) is 0.417. The van der Waals surface area contributed by atoms with Crippen LogP contribution in [0.4, 0.5) is 4.39 Å². The third-order valence-electron chi connectivity index (χ3n) is 2.57. The number of rotatable bonds is 3. The Morgan fingerprint density at radius 3 is 3.12 bits per heavy atom. The van der Waals surface area contributed by atoms with Crippen molar-refractivity contribution in [1.82, 2.24) is 0 Å². The van der Waals surface area contributed by atoms with E-state index in [4.69, 9.17) is 21.1 Å². The SMILES string of the molecule is O=C(OCC1CCCO1)c1cc(Cl)ccc1F. The van der Waals surface area contributed by atoms with E-state index in [2.05, 4.69) is 0 Å². The molecular formula is C12H12ClFO3. The van der Waals surface area contributed by atoms with E-state index in [0.717, 1.165) is 18.9 Å². The summed E-state index contributed by atoms with van der Waals surface area (Å²) in [5.74, 6) is -1.34. The van der Waals surface area contributed by atoms with E-state index in [1.165, 1.54) is 12.1 Å². The van der Waals surface area contributed by atoms with Gasteiger partial charge in [0.05, 0.1) is 11.7 Å². The van der Waals surface area contributed by atoms with Crippen LogP contribution >= 0.6 is 11.6 Å². The minimum atomic E-state index is -0.708. The van der Waals surface area contributed by atoms with Crippen molar-refractivity contribution >= 4 is 17.6 Å². The van der Waals surface area contributed by atoms with E-state index in [0.29, 0.717) is 11.6 Å². The molecule has 0 bridgehead atoms. The Bertz CT molecular complexity index is 416. The van der Waals surface area contributed by atoms with Crippen LogP contribution in [0.25, 0.3) is 0 Å². The molecule has 0 amide bonds. The van der Waals surface area contributed by atoms with E-state index in [9.17, 15) is 9.18 Å². The van der Waals surface area contributed by atoms with Crippen LogP contribution in [0.15, 0.2) is 18.2 Å². The minimum absolute atomic E-state index is 0.0683. The first-order valence-electron chi connectivity index (χ1n) is 5.40. The monoisotopic (exact) mass is 258 g/mol. The standard InChI is InChI=1S/C12H12ClFO3/c13-8-3-4-11(14)10(6-8)12(15)17-7-9-2-1-5-16-9/h3-4,6,9H,1-2,5,7H2. The summed E-state index contributed by atoms with van der Waals surface area (Å²) in [5.41, 5.74) is -0.143. The van der Waals surface area contributed by atoms with Crippen LogP contribution in [-0.2, 0) is 9.47 Å². The van der Waals surface area contributed by atoms with Gasteiger partial charge in [-0.05, 0) is 31.0 Å². The lowest BCUT2D eigenvalue weighted by molar-refractivity contribution is 0.0157. The Balaban J connectivity index is 1.96. The lowest BCUT2D eigenvalue weighted by Crippen LogP contribution is -2.18. The zero-order valence-electron chi connectivity index (χ0n) is 9.12. The maximum atomic E-state index is 13.3. The van der Waals surface area contributed by atoms with Crippen molar-refractivity contribution in [3.05, 3.63) is 34.6 Å². The van der Waals surface area contributed by atoms with Gasteiger partial charge in [-0.3, -0.25) is 0 Å². The van der Waals surface area contributed by atoms with E-state index in [-0.39, 0.29) is 18.3 Å². The third kappa shape index (κ3) is 3.17. The van der Waals surface area contributed by atoms with Crippen LogP contribution in [0.3, 0.4) is 0 Å². The molecule has 0 aromatic heterocycles. The summed E-state index contributed by atoms with van der Waals surface area (Å²) < 4.78 is 23.6. The van der Waals surface area contributed by atoms with Crippen molar-refractivity contribution in [2.24, 2.45) is 0 Å². The normalized spacial score (nSPS) is 19.3. The molecule has 1 saturated heterocycles. The predicted molar refractivity (Wildman–Crippen MR) is 60.7 cm³/mol. The molecule has 0 radical (unpaired) electrons. The number of carbonyl (C=O) groups is 1. The number of ether oxygens (including phenoxy) is 2. The van der Waals surface area contributed by atoms with Gasteiger partial charge in [0, 0.05) is 11.6 Å². The molecule has 1 unspecified atom stereocenters. The van der Waals surface area contributed by atoms with Gasteiger partial charge in [-0.2, -0.15) is 0 Å². The number of esters is 1. The molecule has 0 aliphatic carbocycles. The van der Waals surface area contributed by atoms with E-state index >= 15 is 0 Å². The Hall–Kier alpha value is -1.13. The van der Waals surface area contributed by atoms with Crippen LogP contribution in [0.5, 0.6) is 0 Å². The van der Waals surface area contributed by atoms with Crippen molar-refractivity contribution < 1.29 is 18.7 Å². The van der Waals surface area contributed by atoms with Gasteiger partial charge in [0.25, 0.3) is 0 Å². The molecule has 92 valence electrons. The fourth-order valence-electron chi connectivity index (χ4n) is 1.68. The third-order valence-corrected chi connectivity index (χ3v) is 2.81. The van der Waals surface area contributed by atoms with Gasteiger partial charge < -0.3 is 9.47 Å². The zero-order valence-corrected chi connectivity index (χ0v) is 9.87. The largest absolute Gasteiger partial charge is 0.459 e. The Morgan fingerprint density at radius 2 is 2.41 bits per heavy atom. The van der Waals surface area contributed by atoms with Gasteiger partial charge in [-0.15, -0.1) is 0 Å². The number of benzene rings is 1. The molecule has 1 aromatic carbocycles. The molecule has 17 heavy (non-hydrogen) atoms. The number of hydrogen-bond acceptors (Lipinski definition) is 3. The lowest BCUT2D eigenvalue weighted by Gasteiger charge is -2.10. The second kappa shape index (κ2) is 5.47. The molecule has 0 saturated carbocycles. The summed E-state index contributed by atoms with van der Waals surface area (Å²) >= 11 is 5.69. The summed E-state index contributed by atoms with van der Waals surface area (Å²) in [5, 5.41) is 0.301. The highest BCUT2D eigenvalue weighted by molar-refractivity contribution is 6.30. The van der Waals surface area contributed by atoms with Crippen molar-refractivity contribution in [2.75, 3.05) is 13.2 Å². The first-order chi connectivity index (χ1) is 8.16. The number of halogens is 2. The Kier molecular flexibility index (Phi) is 3.97. The lowest BCUT2D eigenvalue weighted by atomic mass is 10.2. The molecule has 2 rings (SSSR count). The van der Waals surface area contributed by atoms with E-state index in [1.807, 2.05) is 0 Å². The van der Waals surface area contributed by atoms with Crippen molar-refractivity contribution in [3.8, 4) is 0 Å². The quantitative estimate of drug-likeness (QED) is 0.782. The molecule has 1 aliphatic rings. The molecule has 1 aromatic rings. The topological polar surface area (TPSA) is 35.5 Å². The highest BCUT2D eigenvalue weighted by Gasteiger charge is 2.19. The summed E-state index contributed by atoms with van der Waals surface area (Å²) in [6, 6.07) is 3.79. The molecule has 3 nitrogen and oxygen atoms in total. The van der Waals surface area contributed by atoms with Crippen LogP contribution in [0.2, 0.25) is 5.02 Å². The maximum absolute atomic E-state index is 13.3. The van der Waals surface area contributed by atoms with Gasteiger partial charge >= 0.3 is 5.97 Å². The summed E-state index contributed by atoms with van der Waals surface area (Å²) in [6.45, 7) is 0.846. The molecule has 0 N–H and O–H groups in total. The van der Waals surface area contributed by atoms with Crippen molar-refractivity contribution in [2.45, 2.75) is 18.9 Å². The minimum Gasteiger partial charge on any atom is -0.459 e. The first-order valence-corrected chi connectivity index (χ1v) is 5.78. The molecule has 5 heteroatoms. The van der Waals surface area contributed by atoms with Crippen molar-refractivity contribution in [3.63, 3.8) is 0 Å². The van der Waals surface area contributed by atoms with Gasteiger partial charge in [-0.1, -0.05) is 11.6 Å². The second-order valence-corrected chi connectivity index (χ2v) is 4.29. The van der Waals surface area contributed by atoms with Gasteiger partial charge in [0.15, 0.2) is 0 Å². The summed E-state index contributed by atoms with van der Waals surface area (Å²) in [7, 11) is 0. The van der Waals surface area contributed by atoms with Crippen LogP contribution in [-0.4, -0.2) is 25.3 Å². The number of hydrogen-bond donors (Lipinski definition) is 0. The molecule has 1 heterocycles. The maximum Gasteiger partial charge on any atom is 0.341 e. The van der Waals surface area contributed by atoms with Crippen LogP contribution in [0, 0.1) is 5.82 Å².